The first kappa shape index (κ1) is 20.3. The molecule has 1 unspecified atom stereocenters. The topological polar surface area (TPSA) is 88.8 Å². The quantitative estimate of drug-likeness (QED) is 0.305. The minimum atomic E-state index is -0.393. The summed E-state index contributed by atoms with van der Waals surface area (Å²) in [5.41, 5.74) is 1.02. The van der Waals surface area contributed by atoms with Crippen LogP contribution in [-0.4, -0.2) is 36.7 Å². The molecule has 28 heavy (non-hydrogen) atoms. The third-order valence-corrected chi connectivity index (χ3v) is 5.52. The average molecular weight is 403 g/mol. The fourth-order valence-electron chi connectivity index (χ4n) is 3.01. The number of non-ortho nitro benzene ring substituents is 1. The van der Waals surface area contributed by atoms with Crippen LogP contribution in [0.2, 0.25) is 0 Å². The van der Waals surface area contributed by atoms with Crippen LogP contribution in [0.5, 0.6) is 0 Å². The molecule has 0 spiro atoms. The first-order chi connectivity index (χ1) is 13.7. The average Bonchev–Trinajstić information content (AvgIpc) is 3.24. The van der Waals surface area contributed by atoms with Crippen LogP contribution in [0.1, 0.15) is 29.7 Å². The fraction of sp³-hybridized carbons (Fsp3) is 0.450. The molecule has 1 aromatic carbocycles. The number of aliphatic imine (C=N–C) groups is 1. The lowest BCUT2D eigenvalue weighted by Crippen LogP contribution is -2.43. The summed E-state index contributed by atoms with van der Waals surface area (Å²) in [6.45, 7) is 2.80. The molecule has 1 atom stereocenters. The lowest BCUT2D eigenvalue weighted by molar-refractivity contribution is -0.384. The number of guanidine groups is 1. The van der Waals surface area contributed by atoms with Crippen LogP contribution < -0.4 is 10.6 Å². The largest absolute Gasteiger partial charge is 0.376 e. The Morgan fingerprint density at radius 3 is 2.79 bits per heavy atom. The first-order valence-corrected chi connectivity index (χ1v) is 10.5. The van der Waals surface area contributed by atoms with E-state index >= 15 is 0 Å². The zero-order chi connectivity index (χ0) is 19.6. The monoisotopic (exact) mass is 402 g/mol. The molecular weight excluding hydrogens is 376 g/mol. The van der Waals surface area contributed by atoms with E-state index in [4.69, 9.17) is 4.74 Å². The molecule has 2 aromatic rings. The number of ether oxygens (including phenoxy) is 1. The number of rotatable bonds is 8. The molecule has 2 heterocycles. The lowest BCUT2D eigenvalue weighted by Gasteiger charge is -2.23. The van der Waals surface area contributed by atoms with E-state index in [0.29, 0.717) is 6.54 Å². The zero-order valence-electron chi connectivity index (χ0n) is 15.8. The predicted octanol–water partition coefficient (Wildman–Crippen LogP) is 3.50. The second-order valence-corrected chi connectivity index (χ2v) is 7.75. The SMILES string of the molecule is O=[N+]([O-])c1ccc(CN=C(NCCc2cccs2)NCC2CCCCO2)cc1. The van der Waals surface area contributed by atoms with Crippen LogP contribution in [0, 0.1) is 10.1 Å². The number of nitro benzene ring substituents is 1. The van der Waals surface area contributed by atoms with Gasteiger partial charge in [0.05, 0.1) is 17.6 Å². The molecule has 0 amide bonds. The smallest absolute Gasteiger partial charge is 0.269 e. The summed E-state index contributed by atoms with van der Waals surface area (Å²) >= 11 is 1.75. The van der Waals surface area contributed by atoms with E-state index in [1.54, 1.807) is 23.5 Å². The molecule has 1 fully saturated rings. The van der Waals surface area contributed by atoms with E-state index in [9.17, 15) is 10.1 Å². The molecule has 0 saturated carbocycles. The molecule has 150 valence electrons. The van der Waals surface area contributed by atoms with Crippen LogP contribution in [0.25, 0.3) is 0 Å². The number of nitro groups is 1. The van der Waals surface area contributed by atoms with Gasteiger partial charge >= 0.3 is 0 Å². The second kappa shape index (κ2) is 10.8. The van der Waals surface area contributed by atoms with Crippen LogP contribution in [0.15, 0.2) is 46.8 Å². The van der Waals surface area contributed by atoms with Crippen molar-refractivity contribution in [1.82, 2.24) is 10.6 Å². The molecule has 8 heteroatoms. The summed E-state index contributed by atoms with van der Waals surface area (Å²) < 4.78 is 5.78. The highest BCUT2D eigenvalue weighted by molar-refractivity contribution is 7.09. The minimum absolute atomic E-state index is 0.0922. The van der Waals surface area contributed by atoms with Crippen molar-refractivity contribution in [2.24, 2.45) is 4.99 Å². The summed E-state index contributed by atoms with van der Waals surface area (Å²) in [6, 6.07) is 10.7. The summed E-state index contributed by atoms with van der Waals surface area (Å²) in [6.07, 6.45) is 4.56. The van der Waals surface area contributed by atoms with Gasteiger partial charge in [-0.1, -0.05) is 18.2 Å². The molecule has 1 aromatic heterocycles. The Labute approximate surface area is 169 Å². The summed E-state index contributed by atoms with van der Waals surface area (Å²) in [7, 11) is 0. The molecule has 1 aliphatic rings. The van der Waals surface area contributed by atoms with Crippen molar-refractivity contribution in [3.8, 4) is 0 Å². The van der Waals surface area contributed by atoms with Gasteiger partial charge in [-0.05, 0) is 42.7 Å². The summed E-state index contributed by atoms with van der Waals surface area (Å²) in [4.78, 5) is 16.4. The molecule has 0 radical (unpaired) electrons. The standard InChI is InChI=1S/C20H26N4O3S/c25-24(26)17-8-6-16(7-9-17)14-22-20(21-11-10-19-5-3-13-28-19)23-15-18-4-1-2-12-27-18/h3,5-9,13,18H,1-2,4,10-12,14-15H2,(H2,21,22,23). The second-order valence-electron chi connectivity index (χ2n) is 6.71. The van der Waals surface area contributed by atoms with Crippen molar-refractivity contribution in [3.05, 3.63) is 62.3 Å². The van der Waals surface area contributed by atoms with Crippen molar-refractivity contribution in [2.75, 3.05) is 19.7 Å². The third-order valence-electron chi connectivity index (χ3n) is 4.58. The molecule has 1 aliphatic heterocycles. The fourth-order valence-corrected chi connectivity index (χ4v) is 3.71. The van der Waals surface area contributed by atoms with Crippen molar-refractivity contribution in [3.63, 3.8) is 0 Å². The molecule has 2 N–H and O–H groups in total. The highest BCUT2D eigenvalue weighted by Crippen LogP contribution is 2.13. The van der Waals surface area contributed by atoms with E-state index in [2.05, 4.69) is 33.1 Å². The molecule has 0 aliphatic carbocycles. The van der Waals surface area contributed by atoms with Gasteiger partial charge in [0, 0.05) is 36.7 Å². The Hall–Kier alpha value is -2.45. The third kappa shape index (κ3) is 6.61. The van der Waals surface area contributed by atoms with Gasteiger partial charge in [-0.2, -0.15) is 0 Å². The van der Waals surface area contributed by atoms with E-state index in [1.807, 2.05) is 0 Å². The van der Waals surface area contributed by atoms with Crippen LogP contribution in [0.3, 0.4) is 0 Å². The van der Waals surface area contributed by atoms with Crippen LogP contribution in [0.4, 0.5) is 5.69 Å². The molecule has 0 bridgehead atoms. The number of nitrogens with one attached hydrogen (secondary N) is 2. The lowest BCUT2D eigenvalue weighted by atomic mass is 10.1. The van der Waals surface area contributed by atoms with Crippen LogP contribution in [-0.2, 0) is 17.7 Å². The van der Waals surface area contributed by atoms with Gasteiger partial charge in [0.25, 0.3) is 5.69 Å². The van der Waals surface area contributed by atoms with Crippen molar-refractivity contribution >= 4 is 23.0 Å². The number of benzene rings is 1. The minimum Gasteiger partial charge on any atom is -0.376 e. The maximum Gasteiger partial charge on any atom is 0.269 e. The van der Waals surface area contributed by atoms with Gasteiger partial charge in [0.1, 0.15) is 0 Å². The molecule has 3 rings (SSSR count). The molecule has 1 saturated heterocycles. The van der Waals surface area contributed by atoms with Gasteiger partial charge in [0.2, 0.25) is 0 Å². The van der Waals surface area contributed by atoms with Crippen molar-refractivity contribution < 1.29 is 9.66 Å². The van der Waals surface area contributed by atoms with E-state index in [1.165, 1.54) is 23.4 Å². The Kier molecular flexibility index (Phi) is 7.81. The van der Waals surface area contributed by atoms with E-state index in [0.717, 1.165) is 50.5 Å². The van der Waals surface area contributed by atoms with Crippen molar-refractivity contribution in [1.29, 1.82) is 0 Å². The Bertz CT molecular complexity index is 756. The normalized spacial score (nSPS) is 17.3. The molecular formula is C20H26N4O3S. The van der Waals surface area contributed by atoms with Gasteiger partial charge in [-0.25, -0.2) is 4.99 Å². The van der Waals surface area contributed by atoms with Crippen molar-refractivity contribution in [2.45, 2.75) is 38.3 Å². The summed E-state index contributed by atoms with van der Waals surface area (Å²) in [5, 5.41) is 19.6. The number of thiophene rings is 1. The maximum absolute atomic E-state index is 10.8. The zero-order valence-corrected chi connectivity index (χ0v) is 16.6. The number of nitrogens with zero attached hydrogens (tertiary/aromatic N) is 2. The molecule has 7 nitrogen and oxygen atoms in total. The highest BCUT2D eigenvalue weighted by Gasteiger charge is 2.14. The van der Waals surface area contributed by atoms with Gasteiger partial charge in [-0.15, -0.1) is 11.3 Å². The van der Waals surface area contributed by atoms with Crippen LogP contribution >= 0.6 is 11.3 Å². The Morgan fingerprint density at radius 1 is 1.25 bits per heavy atom. The van der Waals surface area contributed by atoms with Gasteiger partial charge in [0.15, 0.2) is 5.96 Å². The number of hydrogen-bond donors (Lipinski definition) is 2. The van der Waals surface area contributed by atoms with E-state index in [-0.39, 0.29) is 11.8 Å². The maximum atomic E-state index is 10.8. The van der Waals surface area contributed by atoms with Gasteiger partial charge < -0.3 is 15.4 Å². The summed E-state index contributed by atoms with van der Waals surface area (Å²) in [5.74, 6) is 0.740. The van der Waals surface area contributed by atoms with Gasteiger partial charge in [-0.3, -0.25) is 10.1 Å². The Balaban J connectivity index is 1.56. The Morgan fingerprint density at radius 2 is 2.11 bits per heavy atom. The number of hydrogen-bond acceptors (Lipinski definition) is 5. The predicted molar refractivity (Wildman–Crippen MR) is 112 cm³/mol. The van der Waals surface area contributed by atoms with E-state index < -0.39 is 4.92 Å². The first-order valence-electron chi connectivity index (χ1n) is 9.60. The highest BCUT2D eigenvalue weighted by atomic mass is 32.1.